The Labute approximate surface area is 139 Å². The number of nitrogens with one attached hydrogen (secondary N) is 1. The first-order valence-corrected chi connectivity index (χ1v) is 8.94. The van der Waals surface area contributed by atoms with Gasteiger partial charge in [0.1, 0.15) is 5.75 Å². The summed E-state index contributed by atoms with van der Waals surface area (Å²) >= 11 is 0. The van der Waals surface area contributed by atoms with Gasteiger partial charge in [0.25, 0.3) is 0 Å². The average Bonchev–Trinajstić information content (AvgIpc) is 2.61. The van der Waals surface area contributed by atoms with Crippen LogP contribution in [0.2, 0.25) is 0 Å². The van der Waals surface area contributed by atoms with Gasteiger partial charge in [-0.1, -0.05) is 19.1 Å². The van der Waals surface area contributed by atoms with Crippen molar-refractivity contribution in [1.29, 1.82) is 0 Å². The molecule has 0 aliphatic carbocycles. The number of likely N-dealkylation sites (N-methyl/N-ethyl adjacent to an activating group) is 1. The lowest BCUT2D eigenvalue weighted by molar-refractivity contribution is 0.0856. The van der Waals surface area contributed by atoms with Gasteiger partial charge in [-0.05, 0) is 24.2 Å². The third-order valence-corrected chi connectivity index (χ3v) is 5.19. The fraction of sp³-hybridized carbons (Fsp3) is 0.667. The van der Waals surface area contributed by atoms with Crippen LogP contribution < -0.4 is 5.32 Å². The minimum Gasteiger partial charge on any atom is -0.508 e. The fourth-order valence-corrected chi connectivity index (χ4v) is 3.69. The van der Waals surface area contributed by atoms with Crippen molar-refractivity contribution >= 4 is 0 Å². The number of nitrogens with zero attached hydrogens (tertiary/aromatic N) is 3. The van der Waals surface area contributed by atoms with Crippen LogP contribution in [-0.2, 0) is 0 Å². The monoisotopic (exact) mass is 318 g/mol. The summed E-state index contributed by atoms with van der Waals surface area (Å²) in [7, 11) is 0. The zero-order valence-electron chi connectivity index (χ0n) is 14.2. The molecule has 5 nitrogen and oxygen atoms in total. The number of hydrogen-bond donors (Lipinski definition) is 2. The van der Waals surface area contributed by atoms with Gasteiger partial charge in [-0.3, -0.25) is 9.80 Å². The van der Waals surface area contributed by atoms with Crippen LogP contribution in [0.25, 0.3) is 0 Å². The summed E-state index contributed by atoms with van der Waals surface area (Å²) in [6, 6.07) is 8.20. The van der Waals surface area contributed by atoms with Gasteiger partial charge >= 0.3 is 0 Å². The van der Waals surface area contributed by atoms with Crippen molar-refractivity contribution in [1.82, 2.24) is 20.0 Å². The lowest BCUT2D eigenvalue weighted by atomic mass is 10.0. The Hall–Kier alpha value is -1.14. The lowest BCUT2D eigenvalue weighted by Crippen LogP contribution is -2.51. The van der Waals surface area contributed by atoms with Crippen molar-refractivity contribution in [3.63, 3.8) is 0 Å². The second kappa shape index (κ2) is 8.11. The normalized spacial score (nSPS) is 23.0. The Kier molecular flexibility index (Phi) is 5.89. The number of rotatable bonds is 5. The second-order valence-electron chi connectivity index (χ2n) is 6.63. The van der Waals surface area contributed by atoms with Gasteiger partial charge in [0.05, 0.1) is 0 Å². The Morgan fingerprint density at radius 3 is 2.39 bits per heavy atom. The molecule has 1 aromatic rings. The number of aromatic hydroxyl groups is 1. The number of benzene rings is 1. The molecule has 0 spiro atoms. The summed E-state index contributed by atoms with van der Waals surface area (Å²) in [5.74, 6) is 0.374. The van der Waals surface area contributed by atoms with Gasteiger partial charge in [-0.25, -0.2) is 0 Å². The topological polar surface area (TPSA) is 42.0 Å². The van der Waals surface area contributed by atoms with Crippen LogP contribution in [0.15, 0.2) is 24.3 Å². The van der Waals surface area contributed by atoms with Crippen LogP contribution in [0.1, 0.15) is 18.5 Å². The second-order valence-corrected chi connectivity index (χ2v) is 6.63. The molecule has 23 heavy (non-hydrogen) atoms. The van der Waals surface area contributed by atoms with Gasteiger partial charge in [0, 0.05) is 64.9 Å². The molecule has 0 saturated carbocycles. The quantitative estimate of drug-likeness (QED) is 0.847. The maximum atomic E-state index is 9.88. The Morgan fingerprint density at radius 2 is 1.74 bits per heavy atom. The van der Waals surface area contributed by atoms with Gasteiger partial charge in [-0.15, -0.1) is 0 Å². The highest BCUT2D eigenvalue weighted by Crippen LogP contribution is 2.25. The lowest BCUT2D eigenvalue weighted by Gasteiger charge is -2.41. The first-order valence-electron chi connectivity index (χ1n) is 8.94. The van der Waals surface area contributed by atoms with E-state index in [4.69, 9.17) is 0 Å². The van der Waals surface area contributed by atoms with Crippen LogP contribution in [0.3, 0.4) is 0 Å². The minimum absolute atomic E-state index is 0.373. The van der Waals surface area contributed by atoms with E-state index in [-0.39, 0.29) is 0 Å². The minimum atomic E-state index is 0.373. The summed E-state index contributed by atoms with van der Waals surface area (Å²) in [6.07, 6.45) is 0. The number of piperazine rings is 2. The highest BCUT2D eigenvalue weighted by atomic mass is 16.3. The SMILES string of the molecule is CCN1CCN(CC(c2cccc(O)c2)N2CCNCC2)CC1. The van der Waals surface area contributed by atoms with Crippen molar-refractivity contribution < 1.29 is 5.11 Å². The van der Waals surface area contributed by atoms with E-state index in [0.717, 1.165) is 52.4 Å². The summed E-state index contributed by atoms with van der Waals surface area (Å²) in [6.45, 7) is 13.4. The summed E-state index contributed by atoms with van der Waals surface area (Å²) in [5.41, 5.74) is 1.24. The summed E-state index contributed by atoms with van der Waals surface area (Å²) < 4.78 is 0. The number of phenols is 1. The molecule has 0 amide bonds. The van der Waals surface area contributed by atoms with Crippen LogP contribution in [-0.4, -0.2) is 85.3 Å². The molecule has 3 rings (SSSR count). The molecule has 2 aliphatic rings. The van der Waals surface area contributed by atoms with Crippen molar-refractivity contribution in [2.75, 3.05) is 65.4 Å². The molecule has 2 aliphatic heterocycles. The van der Waals surface area contributed by atoms with E-state index in [9.17, 15) is 5.11 Å². The van der Waals surface area contributed by atoms with E-state index in [2.05, 4.69) is 33.0 Å². The first kappa shape index (κ1) is 16.7. The highest BCUT2D eigenvalue weighted by molar-refractivity contribution is 5.29. The van der Waals surface area contributed by atoms with Crippen LogP contribution in [0, 0.1) is 0 Å². The molecule has 2 saturated heterocycles. The van der Waals surface area contributed by atoms with E-state index in [1.54, 1.807) is 6.07 Å². The van der Waals surface area contributed by atoms with E-state index in [1.165, 1.54) is 18.7 Å². The molecule has 5 heteroatoms. The smallest absolute Gasteiger partial charge is 0.115 e. The van der Waals surface area contributed by atoms with Crippen molar-refractivity contribution in [2.45, 2.75) is 13.0 Å². The maximum absolute atomic E-state index is 9.88. The number of hydrogen-bond acceptors (Lipinski definition) is 5. The van der Waals surface area contributed by atoms with Gasteiger partial charge in [-0.2, -0.15) is 0 Å². The Morgan fingerprint density at radius 1 is 1.04 bits per heavy atom. The predicted molar refractivity (Wildman–Crippen MR) is 93.8 cm³/mol. The summed E-state index contributed by atoms with van der Waals surface area (Å²) in [5, 5.41) is 13.3. The van der Waals surface area contributed by atoms with Crippen molar-refractivity contribution in [3.05, 3.63) is 29.8 Å². The molecule has 0 bridgehead atoms. The molecule has 1 unspecified atom stereocenters. The molecule has 2 heterocycles. The zero-order chi connectivity index (χ0) is 16.1. The van der Waals surface area contributed by atoms with Gasteiger partial charge < -0.3 is 15.3 Å². The third-order valence-electron chi connectivity index (χ3n) is 5.19. The van der Waals surface area contributed by atoms with Gasteiger partial charge in [0.15, 0.2) is 0 Å². The molecular formula is C18H30N4O. The highest BCUT2D eigenvalue weighted by Gasteiger charge is 2.26. The van der Waals surface area contributed by atoms with E-state index >= 15 is 0 Å². The maximum Gasteiger partial charge on any atom is 0.115 e. The van der Waals surface area contributed by atoms with Crippen molar-refractivity contribution in [3.8, 4) is 5.75 Å². The Balaban J connectivity index is 1.70. The van der Waals surface area contributed by atoms with Crippen LogP contribution >= 0.6 is 0 Å². The Bertz CT molecular complexity index is 482. The molecular weight excluding hydrogens is 288 g/mol. The van der Waals surface area contributed by atoms with Crippen molar-refractivity contribution in [2.24, 2.45) is 0 Å². The molecule has 1 atom stereocenters. The van der Waals surface area contributed by atoms with E-state index < -0.39 is 0 Å². The fourth-order valence-electron chi connectivity index (χ4n) is 3.69. The molecule has 0 aromatic heterocycles. The van der Waals surface area contributed by atoms with Crippen LogP contribution in [0.5, 0.6) is 5.75 Å². The molecule has 1 aromatic carbocycles. The molecule has 2 fully saturated rings. The van der Waals surface area contributed by atoms with E-state index in [1.807, 2.05) is 12.1 Å². The molecule has 128 valence electrons. The van der Waals surface area contributed by atoms with E-state index in [0.29, 0.717) is 11.8 Å². The zero-order valence-corrected chi connectivity index (χ0v) is 14.2. The van der Waals surface area contributed by atoms with Gasteiger partial charge in [0.2, 0.25) is 0 Å². The number of phenolic OH excluding ortho intramolecular Hbond substituents is 1. The largest absolute Gasteiger partial charge is 0.508 e. The average molecular weight is 318 g/mol. The summed E-state index contributed by atoms with van der Waals surface area (Å²) in [4.78, 5) is 7.67. The third kappa shape index (κ3) is 4.44. The van der Waals surface area contributed by atoms with Crippen LogP contribution in [0.4, 0.5) is 0 Å². The first-order chi connectivity index (χ1) is 11.3. The molecule has 2 N–H and O–H groups in total. The molecule has 0 radical (unpaired) electrons. The standard InChI is InChI=1S/C18H30N4O/c1-2-20-10-12-21(13-11-20)15-18(22-8-6-19-7-9-22)16-4-3-5-17(23)14-16/h3-5,14,18-19,23H,2,6-13,15H2,1H3. The predicted octanol–water partition coefficient (Wildman–Crippen LogP) is 0.976.